The number of ether oxygens (including phenoxy) is 2. The second-order valence-corrected chi connectivity index (χ2v) is 11.0. The number of halogens is 2. The van der Waals surface area contributed by atoms with Crippen molar-refractivity contribution in [3.05, 3.63) is 52.6 Å². The van der Waals surface area contributed by atoms with Crippen LogP contribution in [0.25, 0.3) is 0 Å². The first kappa shape index (κ1) is 29.1. The van der Waals surface area contributed by atoms with E-state index in [-0.39, 0.29) is 24.6 Å². The Kier molecular flexibility index (Phi) is 9.37. The molecule has 11 nitrogen and oxygen atoms in total. The number of hydrogen-bond acceptors (Lipinski definition) is 10. The van der Waals surface area contributed by atoms with Crippen LogP contribution in [0.4, 0.5) is 14.6 Å². The number of aromatic nitrogens is 2. The number of phosphoric acid groups is 1. The minimum atomic E-state index is -4.20. The van der Waals surface area contributed by atoms with E-state index < -0.39 is 50.4 Å². The van der Waals surface area contributed by atoms with Gasteiger partial charge in [-0.25, -0.2) is 9.36 Å². The van der Waals surface area contributed by atoms with Crippen molar-refractivity contribution in [2.24, 2.45) is 0 Å². The number of unbranched alkanes of at least 4 members (excludes halogenated alkanes) is 5. The average molecular weight is 572 g/mol. The highest BCUT2D eigenvalue weighted by Gasteiger charge is 2.63. The molecule has 1 saturated heterocycles. The highest BCUT2D eigenvalue weighted by atomic mass is 31.2. The Bertz CT molecular complexity index is 1260. The zero-order valence-electron chi connectivity index (χ0n) is 21.5. The molecule has 0 bridgehead atoms. The molecule has 1 aromatic heterocycles. The van der Waals surface area contributed by atoms with E-state index in [1.54, 1.807) is 24.3 Å². The van der Waals surface area contributed by atoms with Crippen molar-refractivity contribution in [1.82, 2.24) is 9.55 Å². The first-order chi connectivity index (χ1) is 18.6. The van der Waals surface area contributed by atoms with Crippen LogP contribution in [0.5, 0.6) is 5.75 Å². The fourth-order valence-electron chi connectivity index (χ4n) is 4.34. The van der Waals surface area contributed by atoms with Gasteiger partial charge in [-0.05, 0) is 18.6 Å². The predicted molar refractivity (Wildman–Crippen MR) is 135 cm³/mol. The van der Waals surface area contributed by atoms with Gasteiger partial charge in [0.1, 0.15) is 17.7 Å². The second-order valence-electron chi connectivity index (χ2n) is 9.39. The molecular weight excluding hydrogens is 539 g/mol. The lowest BCUT2D eigenvalue weighted by atomic mass is 10.1. The summed E-state index contributed by atoms with van der Waals surface area (Å²) in [5, 5.41) is 0. The predicted octanol–water partition coefficient (Wildman–Crippen LogP) is 4.75. The number of rotatable bonds is 12. The van der Waals surface area contributed by atoms with Gasteiger partial charge in [0.2, 0.25) is 6.23 Å². The Morgan fingerprint density at radius 3 is 2.72 bits per heavy atom. The number of carbonyl (C=O) groups is 1. The van der Waals surface area contributed by atoms with Crippen molar-refractivity contribution in [2.75, 3.05) is 12.3 Å². The molecule has 0 radical (unpaired) electrons. The first-order valence-corrected chi connectivity index (χ1v) is 14.3. The lowest BCUT2D eigenvalue weighted by Crippen LogP contribution is -2.44. The minimum Gasteiger partial charge on any atom is -0.453 e. The lowest BCUT2D eigenvalue weighted by Gasteiger charge is -2.27. The van der Waals surface area contributed by atoms with Crippen LogP contribution in [-0.4, -0.2) is 40.3 Å². The number of nitrogens with zero attached hydrogens (tertiary/aromatic N) is 2. The number of alkyl halides is 2. The maximum absolute atomic E-state index is 15.6. The molecule has 14 heteroatoms. The number of para-hydroxylation sites is 1. The van der Waals surface area contributed by atoms with Crippen molar-refractivity contribution in [3.63, 3.8) is 0 Å². The second kappa shape index (κ2) is 12.5. The van der Waals surface area contributed by atoms with Gasteiger partial charge in [-0.15, -0.1) is 0 Å². The van der Waals surface area contributed by atoms with Gasteiger partial charge in [-0.1, -0.05) is 57.2 Å². The maximum Gasteiger partial charge on any atom is 0.530 e. The highest BCUT2D eigenvalue weighted by molar-refractivity contribution is 7.49. The van der Waals surface area contributed by atoms with Gasteiger partial charge >= 0.3 is 25.4 Å². The number of carbonyl (C=O) groups excluding carboxylic acids is 1. The zero-order chi connectivity index (χ0) is 28.0. The molecule has 2 N–H and O–H groups in total. The van der Waals surface area contributed by atoms with Crippen LogP contribution in [0.2, 0.25) is 0 Å². The number of nitrogen functional groups attached to an aromatic ring is 1. The monoisotopic (exact) mass is 571 g/mol. The lowest BCUT2D eigenvalue weighted by molar-refractivity contribution is -0.176. The molecule has 0 saturated carbocycles. The maximum atomic E-state index is 15.6. The number of benzene rings is 1. The smallest absolute Gasteiger partial charge is 0.453 e. The van der Waals surface area contributed by atoms with E-state index in [0.29, 0.717) is 16.6 Å². The molecule has 0 amide bonds. The molecule has 2 unspecified atom stereocenters. The third-order valence-corrected chi connectivity index (χ3v) is 7.74. The number of nitrogens with two attached hydrogens (primary N) is 1. The molecule has 1 aromatic carbocycles. The minimum absolute atomic E-state index is 0.0676. The number of esters is 1. The van der Waals surface area contributed by atoms with Gasteiger partial charge in [-0.2, -0.15) is 13.8 Å². The standard InChI is InChI=1S/C25H32F2N3O8P/c1-2-3-4-5-6-7-12-21(31)37-22-19(16-35-39(33)34-15-17-10-8-9-11-18(17)38-39)36-23(25(22,26)27)30-14-13-20(28)29-24(30)32/h8-11,13-14,19,22-23H,2-7,12,15-16H2,1H3,(H2,28,29,32)/t19-,22-,23?,39?/m1/s1. The Labute approximate surface area is 224 Å². The molecule has 0 aliphatic carbocycles. The summed E-state index contributed by atoms with van der Waals surface area (Å²) in [6.45, 7) is 1.27. The van der Waals surface area contributed by atoms with E-state index in [9.17, 15) is 14.2 Å². The molecule has 2 aliphatic rings. The van der Waals surface area contributed by atoms with E-state index in [2.05, 4.69) is 11.9 Å². The molecular formula is C25H32F2N3O8P. The van der Waals surface area contributed by atoms with Crippen molar-refractivity contribution in [3.8, 4) is 5.75 Å². The van der Waals surface area contributed by atoms with Gasteiger partial charge < -0.3 is 19.7 Å². The van der Waals surface area contributed by atoms with Crippen LogP contribution in [0.1, 0.15) is 63.7 Å². The molecule has 2 aromatic rings. The summed E-state index contributed by atoms with van der Waals surface area (Å²) in [5.74, 6) is -4.62. The van der Waals surface area contributed by atoms with Crippen LogP contribution in [0.3, 0.4) is 0 Å². The summed E-state index contributed by atoms with van der Waals surface area (Å²) >= 11 is 0. The van der Waals surface area contributed by atoms with Gasteiger partial charge in [0.25, 0.3) is 0 Å². The molecule has 4 atom stereocenters. The zero-order valence-corrected chi connectivity index (χ0v) is 22.4. The van der Waals surface area contributed by atoms with Gasteiger partial charge in [0.05, 0.1) is 13.2 Å². The van der Waals surface area contributed by atoms with Crippen LogP contribution < -0.4 is 15.9 Å². The van der Waals surface area contributed by atoms with Crippen molar-refractivity contribution >= 4 is 19.6 Å². The summed E-state index contributed by atoms with van der Waals surface area (Å²) < 4.78 is 71.4. The van der Waals surface area contributed by atoms with E-state index in [1.165, 1.54) is 0 Å². The van der Waals surface area contributed by atoms with Crippen LogP contribution in [-0.2, 0) is 34.5 Å². The topological polar surface area (TPSA) is 141 Å². The quantitative estimate of drug-likeness (QED) is 0.215. The van der Waals surface area contributed by atoms with Crippen LogP contribution >= 0.6 is 7.82 Å². The third kappa shape index (κ3) is 7.02. The summed E-state index contributed by atoms with van der Waals surface area (Å²) in [6.07, 6.45) is 0.337. The van der Waals surface area contributed by atoms with Crippen molar-refractivity contribution in [1.29, 1.82) is 0 Å². The Morgan fingerprint density at radius 1 is 1.21 bits per heavy atom. The molecule has 39 heavy (non-hydrogen) atoms. The van der Waals surface area contributed by atoms with Gasteiger partial charge in [-0.3, -0.25) is 18.4 Å². The van der Waals surface area contributed by atoms with E-state index in [1.807, 2.05) is 0 Å². The molecule has 1 fully saturated rings. The van der Waals surface area contributed by atoms with E-state index >= 15 is 8.78 Å². The number of fused-ring (bicyclic) bond motifs is 1. The SMILES string of the molecule is CCCCCCCCC(=O)O[C@@H]1[C@@H](COP2(=O)OCc3ccccc3O2)OC(n2ccc(N)nc2=O)C1(F)F. The normalized spacial score (nSPS) is 25.6. The van der Waals surface area contributed by atoms with E-state index in [0.717, 1.165) is 44.4 Å². The number of anilines is 1. The fourth-order valence-corrected chi connectivity index (χ4v) is 5.56. The van der Waals surface area contributed by atoms with Crippen LogP contribution in [0, 0.1) is 0 Å². The third-order valence-electron chi connectivity index (χ3n) is 6.40. The van der Waals surface area contributed by atoms with Crippen molar-refractivity contribution < 1.29 is 41.2 Å². The fraction of sp³-hybridized carbons (Fsp3) is 0.560. The highest BCUT2D eigenvalue weighted by Crippen LogP contribution is 2.55. The van der Waals surface area contributed by atoms with E-state index in [4.69, 9.17) is 28.8 Å². The number of hydrogen-bond donors (Lipinski definition) is 1. The molecule has 4 rings (SSSR count). The summed E-state index contributed by atoms with van der Waals surface area (Å²) in [5.41, 5.74) is 5.03. The molecule has 3 heterocycles. The molecule has 0 spiro atoms. The largest absolute Gasteiger partial charge is 0.530 e. The molecule has 214 valence electrons. The average Bonchev–Trinajstić information content (AvgIpc) is 3.14. The van der Waals surface area contributed by atoms with Crippen LogP contribution in [0.15, 0.2) is 41.3 Å². The summed E-state index contributed by atoms with van der Waals surface area (Å²) in [4.78, 5) is 28.3. The first-order valence-electron chi connectivity index (χ1n) is 12.9. The van der Waals surface area contributed by atoms with Gasteiger partial charge in [0.15, 0.2) is 6.10 Å². The van der Waals surface area contributed by atoms with Crippen molar-refractivity contribution in [2.45, 2.75) is 82.8 Å². The summed E-state index contributed by atoms with van der Waals surface area (Å²) in [7, 11) is -4.20. The Balaban J connectivity index is 1.48. The Morgan fingerprint density at radius 2 is 1.95 bits per heavy atom. The number of phosphoric ester groups is 1. The van der Waals surface area contributed by atoms with Gasteiger partial charge in [0, 0.05) is 18.2 Å². The Hall–Kier alpha value is -2.86. The summed E-state index contributed by atoms with van der Waals surface area (Å²) in [6, 6.07) is 7.84. The molecule has 2 aliphatic heterocycles.